The number of unbranched alkanes of at least 4 members (excludes halogenated alkanes) is 4. The van der Waals surface area contributed by atoms with Crippen molar-refractivity contribution in [3.8, 4) is 5.75 Å². The number of fused-ring (bicyclic) bond motifs is 1. The molecule has 5 heteroatoms. The van der Waals surface area contributed by atoms with E-state index in [1.165, 1.54) is 25.3 Å². The second kappa shape index (κ2) is 12.3. The summed E-state index contributed by atoms with van der Waals surface area (Å²) < 4.78 is 19.0. The van der Waals surface area contributed by atoms with Crippen molar-refractivity contribution in [2.75, 3.05) is 12.4 Å². The van der Waals surface area contributed by atoms with E-state index < -0.39 is 17.1 Å². The molecule has 0 aromatic heterocycles. The molecule has 0 spiro atoms. The molecule has 1 aromatic carbocycles. The minimum atomic E-state index is -0.999. The van der Waals surface area contributed by atoms with Gasteiger partial charge in [-0.25, -0.2) is 4.79 Å². The van der Waals surface area contributed by atoms with Gasteiger partial charge in [0.1, 0.15) is 11.5 Å². The van der Waals surface area contributed by atoms with Gasteiger partial charge in [-0.2, -0.15) is 0 Å². The molecule has 0 radical (unpaired) electrons. The first kappa shape index (κ1) is 26.3. The average molecular weight is 459 g/mol. The minimum absolute atomic E-state index is 0.0341. The Morgan fingerprint density at radius 2 is 1.94 bits per heavy atom. The topological polar surface area (TPSA) is 69.6 Å². The number of allylic oxidation sites excluding steroid dienone is 5. The molecule has 1 aliphatic heterocycles. The van der Waals surface area contributed by atoms with Gasteiger partial charge in [0.25, 0.3) is 0 Å². The number of hydrogen-bond donors (Lipinski definition) is 1. The van der Waals surface area contributed by atoms with E-state index >= 15 is 0 Å². The Morgan fingerprint density at radius 3 is 2.62 bits per heavy atom. The van der Waals surface area contributed by atoms with Crippen LogP contribution in [0.25, 0.3) is 5.57 Å². The van der Waals surface area contributed by atoms with Crippen molar-refractivity contribution in [3.05, 3.63) is 53.1 Å². The molecule has 4 nitrogen and oxygen atoms in total. The van der Waals surface area contributed by atoms with Gasteiger partial charge in [-0.15, -0.1) is 0 Å². The maximum absolute atomic E-state index is 12.8. The summed E-state index contributed by atoms with van der Waals surface area (Å²) in [5, 5.41) is 8.87. The van der Waals surface area contributed by atoms with Crippen LogP contribution < -0.4 is 4.74 Å². The summed E-state index contributed by atoms with van der Waals surface area (Å²) >= 11 is -0.999. The van der Waals surface area contributed by atoms with Crippen molar-refractivity contribution in [2.24, 2.45) is 0 Å². The molecule has 1 heterocycles. The van der Waals surface area contributed by atoms with Gasteiger partial charge in [0.2, 0.25) is 0 Å². The summed E-state index contributed by atoms with van der Waals surface area (Å²) in [6.07, 6.45) is 13.6. The van der Waals surface area contributed by atoms with E-state index in [-0.39, 0.29) is 5.41 Å². The van der Waals surface area contributed by atoms with E-state index in [1.54, 1.807) is 13.0 Å². The number of carbonyl (C=O) groups is 1. The van der Waals surface area contributed by atoms with Gasteiger partial charge in [-0.3, -0.25) is 0 Å². The number of hydrogen-bond acceptors (Lipinski definition) is 3. The van der Waals surface area contributed by atoms with Gasteiger partial charge in [0.05, 0.1) is 6.61 Å². The number of ether oxygens (including phenoxy) is 1. The van der Waals surface area contributed by atoms with Crippen LogP contribution in [-0.2, 0) is 21.4 Å². The van der Waals surface area contributed by atoms with Gasteiger partial charge in [0.15, 0.2) is 4.90 Å². The highest BCUT2D eigenvalue weighted by molar-refractivity contribution is 7.91. The Balaban J connectivity index is 2.34. The summed E-state index contributed by atoms with van der Waals surface area (Å²) in [6.45, 7) is 11.1. The van der Waals surface area contributed by atoms with Gasteiger partial charge >= 0.3 is 5.97 Å². The van der Waals surface area contributed by atoms with Crippen molar-refractivity contribution in [3.63, 3.8) is 0 Å². The lowest BCUT2D eigenvalue weighted by Gasteiger charge is -2.33. The lowest BCUT2D eigenvalue weighted by molar-refractivity contribution is -0.131. The summed E-state index contributed by atoms with van der Waals surface area (Å²) in [7, 11) is 0. The average Bonchev–Trinajstić information content (AvgIpc) is 2.72. The third-order valence-corrected chi connectivity index (χ3v) is 7.36. The third-order valence-electron chi connectivity index (χ3n) is 5.96. The highest BCUT2D eigenvalue weighted by Crippen LogP contribution is 2.43. The molecular formula is C27H38O4S. The summed E-state index contributed by atoms with van der Waals surface area (Å²) in [5.41, 5.74) is 3.81. The second-order valence-electron chi connectivity index (χ2n) is 9.23. The first-order valence-corrected chi connectivity index (χ1v) is 12.9. The standard InChI is InChI=1S/C27H38O4S/c1-6-7-8-9-10-15-31-24-19-25-23(27(4,5)14-16-32(25)30)18-22(24)21(3)13-11-12-20(2)17-26(28)29/h11-13,17-19H,6-10,14-16H2,1-5H3,(H,28,29)/b12-11+,20-17+,21-13+. The zero-order valence-corrected chi connectivity index (χ0v) is 21.0. The molecule has 1 atom stereocenters. The Morgan fingerprint density at radius 1 is 1.22 bits per heavy atom. The molecule has 0 fully saturated rings. The molecule has 176 valence electrons. The fraction of sp³-hybridized carbons (Fsp3) is 0.519. The maximum Gasteiger partial charge on any atom is 0.328 e. The summed E-state index contributed by atoms with van der Waals surface area (Å²) in [4.78, 5) is 11.7. The smallest absolute Gasteiger partial charge is 0.328 e. The lowest BCUT2D eigenvalue weighted by atomic mass is 9.80. The van der Waals surface area contributed by atoms with Crippen LogP contribution in [0.15, 0.2) is 46.9 Å². The molecule has 2 rings (SSSR count). The molecule has 1 aliphatic rings. The number of carboxylic acid groups (broad SMARTS) is 1. The Labute approximate surface area is 196 Å². The molecule has 1 aromatic rings. The quantitative estimate of drug-likeness (QED) is 0.171. The molecule has 0 amide bonds. The molecule has 0 bridgehead atoms. The van der Waals surface area contributed by atoms with E-state index in [9.17, 15) is 9.35 Å². The van der Waals surface area contributed by atoms with Gasteiger partial charge in [-0.1, -0.05) is 64.7 Å². The fourth-order valence-corrected chi connectivity index (χ4v) is 5.60. The molecule has 32 heavy (non-hydrogen) atoms. The van der Waals surface area contributed by atoms with Crippen molar-refractivity contribution >= 4 is 22.7 Å². The molecule has 0 aliphatic carbocycles. The molecular weight excluding hydrogens is 420 g/mol. The normalized spacial score (nSPS) is 18.6. The Kier molecular flexibility index (Phi) is 10.1. The Bertz CT molecular complexity index is 880. The highest BCUT2D eigenvalue weighted by Gasteiger charge is 2.36. The predicted molar refractivity (Wildman–Crippen MR) is 134 cm³/mol. The number of rotatable bonds is 11. The zero-order chi connectivity index (χ0) is 23.7. The monoisotopic (exact) mass is 458 g/mol. The van der Waals surface area contributed by atoms with Crippen molar-refractivity contribution < 1.29 is 19.2 Å². The molecule has 1 unspecified atom stereocenters. The van der Waals surface area contributed by atoms with Crippen LogP contribution in [-0.4, -0.2) is 28.0 Å². The van der Waals surface area contributed by atoms with E-state index in [1.807, 2.05) is 25.1 Å². The lowest BCUT2D eigenvalue weighted by Crippen LogP contribution is -2.30. The van der Waals surface area contributed by atoms with E-state index in [0.717, 1.165) is 46.6 Å². The van der Waals surface area contributed by atoms with Crippen molar-refractivity contribution in [1.29, 1.82) is 0 Å². The number of aliphatic carboxylic acids is 1. The van der Waals surface area contributed by atoms with Gasteiger partial charge in [0, 0.05) is 29.7 Å². The highest BCUT2D eigenvalue weighted by atomic mass is 32.2. The molecule has 0 saturated carbocycles. The van der Waals surface area contributed by atoms with Crippen LogP contribution in [0.3, 0.4) is 0 Å². The first-order chi connectivity index (χ1) is 15.2. The van der Waals surface area contributed by atoms with Crippen LogP contribution in [0.4, 0.5) is 0 Å². The van der Waals surface area contributed by atoms with Crippen LogP contribution in [0, 0.1) is 0 Å². The Hall–Kier alpha value is -1.98. The van der Waals surface area contributed by atoms with Crippen LogP contribution in [0.5, 0.6) is 5.75 Å². The molecule has 0 saturated heterocycles. The largest absolute Gasteiger partial charge is 0.611 e. The summed E-state index contributed by atoms with van der Waals surface area (Å²) in [5.74, 6) is 0.514. The van der Waals surface area contributed by atoms with Crippen LogP contribution in [0.2, 0.25) is 0 Å². The number of benzene rings is 1. The van der Waals surface area contributed by atoms with E-state index in [2.05, 4.69) is 26.8 Å². The van der Waals surface area contributed by atoms with Crippen LogP contribution >= 0.6 is 0 Å². The molecule has 1 N–H and O–H groups in total. The van der Waals surface area contributed by atoms with E-state index in [4.69, 9.17) is 9.84 Å². The second-order valence-corrected chi connectivity index (χ2v) is 10.8. The van der Waals surface area contributed by atoms with Gasteiger partial charge < -0.3 is 14.4 Å². The summed E-state index contributed by atoms with van der Waals surface area (Å²) in [6, 6.07) is 4.14. The van der Waals surface area contributed by atoms with Crippen LogP contribution in [0.1, 0.15) is 84.3 Å². The minimum Gasteiger partial charge on any atom is -0.611 e. The first-order valence-electron chi connectivity index (χ1n) is 11.6. The SMILES string of the molecule is CCCCCCCOc1cc2c(cc1/C(C)=C/C=C/C(C)=C/C(=O)O)C(C)(C)CC[S+]2[O-]. The fourth-order valence-electron chi connectivity index (χ4n) is 3.86. The predicted octanol–water partition coefficient (Wildman–Crippen LogP) is 6.82. The third kappa shape index (κ3) is 7.56. The van der Waals surface area contributed by atoms with E-state index in [0.29, 0.717) is 17.9 Å². The zero-order valence-electron chi connectivity index (χ0n) is 20.2. The van der Waals surface area contributed by atoms with Gasteiger partial charge in [-0.05, 0) is 54.1 Å². The van der Waals surface area contributed by atoms with Crippen molar-refractivity contribution in [1.82, 2.24) is 0 Å². The maximum atomic E-state index is 12.8. The van der Waals surface area contributed by atoms with Crippen molar-refractivity contribution in [2.45, 2.75) is 83.5 Å². The number of carboxylic acids is 1.